The summed E-state index contributed by atoms with van der Waals surface area (Å²) in [5.74, 6) is 0.352. The number of amides is 2. The number of methoxy groups -OCH3 is 2. The highest BCUT2D eigenvalue weighted by atomic mass is 19.1. The zero-order chi connectivity index (χ0) is 28.7. The summed E-state index contributed by atoms with van der Waals surface area (Å²) in [5.41, 5.74) is 0.869. The molecule has 9 nitrogen and oxygen atoms in total. The highest BCUT2D eigenvalue weighted by Gasteiger charge is 2.49. The van der Waals surface area contributed by atoms with E-state index in [1.165, 1.54) is 12.1 Å². The first kappa shape index (κ1) is 27.5. The van der Waals surface area contributed by atoms with E-state index in [0.29, 0.717) is 59.5 Å². The van der Waals surface area contributed by atoms with Gasteiger partial charge in [-0.05, 0) is 75.4 Å². The molecule has 1 unspecified atom stereocenters. The number of hydrogen-bond acceptors (Lipinski definition) is 7. The molecule has 1 aliphatic heterocycles. The molecule has 2 aliphatic carbocycles. The molecule has 218 valence electrons. The monoisotopic (exact) mass is 565 g/mol. The lowest BCUT2D eigenvalue weighted by molar-refractivity contribution is -0.0554. The third-order valence-electron chi connectivity index (χ3n) is 8.70. The van der Waals surface area contributed by atoms with Crippen LogP contribution < -0.4 is 20.1 Å². The zero-order valence-electron chi connectivity index (χ0n) is 23.6. The van der Waals surface area contributed by atoms with Crippen molar-refractivity contribution in [2.24, 2.45) is 0 Å². The average molecular weight is 566 g/mol. The summed E-state index contributed by atoms with van der Waals surface area (Å²) in [7, 11) is 3.23. The number of carbonyl (C=O) groups excluding carboxylic acids is 2. The van der Waals surface area contributed by atoms with Crippen molar-refractivity contribution >= 4 is 22.8 Å². The fourth-order valence-corrected chi connectivity index (χ4v) is 6.01. The van der Waals surface area contributed by atoms with Gasteiger partial charge in [-0.15, -0.1) is 0 Å². The summed E-state index contributed by atoms with van der Waals surface area (Å²) < 4.78 is 37.3. The minimum absolute atomic E-state index is 0.0606. The van der Waals surface area contributed by atoms with E-state index >= 15 is 0 Å². The van der Waals surface area contributed by atoms with Crippen molar-refractivity contribution < 1.29 is 32.6 Å². The number of fused-ring (bicyclic) bond motifs is 3. The van der Waals surface area contributed by atoms with Gasteiger partial charge in [0.05, 0.1) is 24.1 Å². The lowest BCUT2D eigenvalue weighted by Gasteiger charge is -2.49. The molecule has 1 aromatic heterocycles. The summed E-state index contributed by atoms with van der Waals surface area (Å²) in [6, 6.07) is 9.77. The lowest BCUT2D eigenvalue weighted by Crippen LogP contribution is -2.64. The Bertz CT molecular complexity index is 1460. The Hall–Kier alpha value is -3.63. The van der Waals surface area contributed by atoms with Crippen molar-refractivity contribution in [3.05, 3.63) is 59.1 Å². The molecule has 6 rings (SSSR count). The van der Waals surface area contributed by atoms with Crippen LogP contribution in [0.1, 0.15) is 65.5 Å². The summed E-state index contributed by atoms with van der Waals surface area (Å²) in [6.07, 6.45) is 4.61. The highest BCUT2D eigenvalue weighted by Crippen LogP contribution is 2.42. The Balaban J connectivity index is 1.26. The Morgan fingerprint density at radius 3 is 2.68 bits per heavy atom. The second-order valence-electron chi connectivity index (χ2n) is 11.6. The maximum Gasteiger partial charge on any atom is 0.294 e. The minimum atomic E-state index is -0.739. The maximum absolute atomic E-state index is 14.2. The van der Waals surface area contributed by atoms with Gasteiger partial charge in [0.15, 0.2) is 5.75 Å². The minimum Gasteiger partial charge on any atom is -0.496 e. The van der Waals surface area contributed by atoms with E-state index in [0.717, 1.165) is 19.3 Å². The van der Waals surface area contributed by atoms with Gasteiger partial charge in [0.1, 0.15) is 23.8 Å². The molecular formula is C31H36FN3O6. The molecular weight excluding hydrogens is 529 g/mol. The van der Waals surface area contributed by atoms with Crippen molar-refractivity contribution in [3.8, 4) is 11.5 Å². The molecule has 2 fully saturated rings. The SMILES string of the molecule is COc1ccc(F)cc1CNCC1(C)COc2c(oc3cc(C(=O)NC4CCC4)ccc23)C(=O)N1C1CC(OC)C1. The molecule has 0 spiro atoms. The van der Waals surface area contributed by atoms with Crippen LogP contribution in [0.2, 0.25) is 0 Å². The molecule has 2 saturated carbocycles. The first-order valence-corrected chi connectivity index (χ1v) is 14.2. The van der Waals surface area contributed by atoms with Crippen molar-refractivity contribution in [1.82, 2.24) is 15.5 Å². The van der Waals surface area contributed by atoms with Gasteiger partial charge in [0, 0.05) is 43.4 Å². The first-order chi connectivity index (χ1) is 19.8. The van der Waals surface area contributed by atoms with Gasteiger partial charge >= 0.3 is 0 Å². The van der Waals surface area contributed by atoms with E-state index in [2.05, 4.69) is 10.6 Å². The Labute approximate surface area is 238 Å². The molecule has 1 atom stereocenters. The number of ether oxygens (including phenoxy) is 3. The van der Waals surface area contributed by atoms with Crippen molar-refractivity contribution in [3.63, 3.8) is 0 Å². The largest absolute Gasteiger partial charge is 0.496 e. The smallest absolute Gasteiger partial charge is 0.294 e. The predicted octanol–water partition coefficient (Wildman–Crippen LogP) is 4.42. The number of hydrogen-bond donors (Lipinski definition) is 2. The Kier molecular flexibility index (Phi) is 7.37. The van der Waals surface area contributed by atoms with Gasteiger partial charge in [-0.3, -0.25) is 9.59 Å². The zero-order valence-corrected chi connectivity index (χ0v) is 23.6. The van der Waals surface area contributed by atoms with E-state index in [9.17, 15) is 14.0 Å². The van der Waals surface area contributed by atoms with E-state index in [1.54, 1.807) is 38.5 Å². The van der Waals surface area contributed by atoms with Crippen LogP contribution in [0.4, 0.5) is 4.39 Å². The maximum atomic E-state index is 14.2. The quantitative estimate of drug-likeness (QED) is 0.396. The van der Waals surface area contributed by atoms with Gasteiger partial charge < -0.3 is 34.2 Å². The topological polar surface area (TPSA) is 102 Å². The van der Waals surface area contributed by atoms with Crippen LogP contribution in [0, 0.1) is 5.82 Å². The fraction of sp³-hybridized carbons (Fsp3) is 0.484. The van der Waals surface area contributed by atoms with Gasteiger partial charge in [0.2, 0.25) is 5.76 Å². The summed E-state index contributed by atoms with van der Waals surface area (Å²) in [6.45, 7) is 2.94. The third-order valence-corrected chi connectivity index (χ3v) is 8.70. The molecule has 2 aromatic carbocycles. The standard InChI is InChI=1S/C31H36FN3O6/c1-31(16-33-15-19-11-20(32)8-10-25(19)39-3)17-40-27-24-9-7-18(29(36)34-21-5-4-6-21)12-26(24)41-28(27)30(37)35(31)22-13-23(14-22)38-2/h7-12,21-23,33H,4-6,13-17H2,1-3H3,(H,34,36). The molecule has 3 aliphatic rings. The first-order valence-electron chi connectivity index (χ1n) is 14.2. The Morgan fingerprint density at radius 1 is 1.17 bits per heavy atom. The second-order valence-corrected chi connectivity index (χ2v) is 11.6. The molecule has 41 heavy (non-hydrogen) atoms. The summed E-state index contributed by atoms with van der Waals surface area (Å²) >= 11 is 0. The second kappa shape index (κ2) is 11.0. The normalized spacial score (nSPS) is 24.2. The van der Waals surface area contributed by atoms with Gasteiger partial charge in [0.25, 0.3) is 11.8 Å². The van der Waals surface area contributed by atoms with Crippen LogP contribution >= 0.6 is 0 Å². The summed E-state index contributed by atoms with van der Waals surface area (Å²) in [4.78, 5) is 28.8. The van der Waals surface area contributed by atoms with Gasteiger partial charge in [-0.25, -0.2) is 4.39 Å². The number of benzene rings is 2. The van der Waals surface area contributed by atoms with E-state index in [-0.39, 0.29) is 48.2 Å². The Morgan fingerprint density at radius 2 is 1.98 bits per heavy atom. The molecule has 2 heterocycles. The number of carbonyl (C=O) groups is 2. The highest BCUT2D eigenvalue weighted by molar-refractivity contribution is 6.04. The van der Waals surface area contributed by atoms with Crippen LogP contribution in [0.15, 0.2) is 40.8 Å². The van der Waals surface area contributed by atoms with Crippen molar-refractivity contribution in [1.29, 1.82) is 0 Å². The van der Waals surface area contributed by atoms with E-state index < -0.39 is 5.54 Å². The summed E-state index contributed by atoms with van der Waals surface area (Å²) in [5, 5.41) is 7.09. The molecule has 3 aromatic rings. The molecule has 0 radical (unpaired) electrons. The molecule has 0 saturated heterocycles. The number of rotatable bonds is 9. The average Bonchev–Trinajstić information content (AvgIpc) is 3.24. The number of nitrogens with zero attached hydrogens (tertiary/aromatic N) is 1. The van der Waals surface area contributed by atoms with E-state index in [1.807, 2.05) is 11.8 Å². The molecule has 10 heteroatoms. The molecule has 0 bridgehead atoms. The lowest BCUT2D eigenvalue weighted by atomic mass is 9.84. The third kappa shape index (κ3) is 5.15. The van der Waals surface area contributed by atoms with Crippen LogP contribution in [0.5, 0.6) is 11.5 Å². The number of furan rings is 1. The van der Waals surface area contributed by atoms with Crippen LogP contribution in [-0.2, 0) is 11.3 Å². The van der Waals surface area contributed by atoms with E-state index in [4.69, 9.17) is 18.6 Å². The fourth-order valence-electron chi connectivity index (χ4n) is 6.01. The number of nitrogens with one attached hydrogen (secondary N) is 2. The molecule has 2 N–H and O–H groups in total. The number of halogens is 1. The van der Waals surface area contributed by atoms with Crippen LogP contribution in [0.25, 0.3) is 11.0 Å². The van der Waals surface area contributed by atoms with Crippen LogP contribution in [-0.4, -0.2) is 67.8 Å². The van der Waals surface area contributed by atoms with Gasteiger partial charge in [-0.1, -0.05) is 0 Å². The van der Waals surface area contributed by atoms with Crippen LogP contribution in [0.3, 0.4) is 0 Å². The van der Waals surface area contributed by atoms with Gasteiger partial charge in [-0.2, -0.15) is 0 Å². The molecule has 2 amide bonds. The van der Waals surface area contributed by atoms with Crippen molar-refractivity contribution in [2.45, 2.75) is 69.3 Å². The van der Waals surface area contributed by atoms with Crippen molar-refractivity contribution in [2.75, 3.05) is 27.4 Å². The predicted molar refractivity (Wildman–Crippen MR) is 150 cm³/mol.